The van der Waals surface area contributed by atoms with E-state index in [1.807, 2.05) is 0 Å². The average Bonchev–Trinajstić information content (AvgIpc) is 2.54. The number of carbonyl (C=O) groups excluding carboxylic acids is 1. The number of nitro groups is 1. The summed E-state index contributed by atoms with van der Waals surface area (Å²) in [5.41, 5.74) is 3.60. The Morgan fingerprint density at radius 3 is 2.78 bits per heavy atom. The summed E-state index contributed by atoms with van der Waals surface area (Å²) in [7, 11) is 0. The van der Waals surface area contributed by atoms with Gasteiger partial charge in [-0.1, -0.05) is 18.2 Å². The van der Waals surface area contributed by atoms with Gasteiger partial charge >= 0.3 is 0 Å². The Labute approximate surface area is 131 Å². The Hall–Kier alpha value is -3.42. The van der Waals surface area contributed by atoms with Crippen LogP contribution in [0.25, 0.3) is 0 Å². The summed E-state index contributed by atoms with van der Waals surface area (Å²) in [5, 5.41) is 25.1. The third-order valence-corrected chi connectivity index (χ3v) is 2.72. The van der Waals surface area contributed by atoms with Crippen LogP contribution in [0.2, 0.25) is 0 Å². The van der Waals surface area contributed by atoms with Crippen LogP contribution in [0.5, 0.6) is 5.75 Å². The van der Waals surface area contributed by atoms with Gasteiger partial charge in [-0.25, -0.2) is 0 Å². The Balaban J connectivity index is 2.07. The fraction of sp³-hybridized carbons (Fsp3) is 0.0667. The molecule has 0 saturated heterocycles. The van der Waals surface area contributed by atoms with Crippen molar-refractivity contribution >= 4 is 23.6 Å². The molecule has 0 atom stereocenters. The highest BCUT2D eigenvalue weighted by atomic mass is 16.6. The molecule has 1 N–H and O–H groups in total. The van der Waals surface area contributed by atoms with E-state index in [4.69, 9.17) is 4.74 Å². The van der Waals surface area contributed by atoms with Crippen LogP contribution < -0.4 is 15.3 Å². The first-order chi connectivity index (χ1) is 11.1. The van der Waals surface area contributed by atoms with Gasteiger partial charge in [-0.15, -0.1) is 0 Å². The van der Waals surface area contributed by atoms with Crippen LogP contribution in [0.15, 0.2) is 53.6 Å². The maximum atomic E-state index is 10.7. The minimum atomic E-state index is -1.33. The van der Waals surface area contributed by atoms with E-state index in [9.17, 15) is 20.0 Å². The van der Waals surface area contributed by atoms with Crippen LogP contribution in [0.4, 0.5) is 11.4 Å². The molecule has 2 rings (SSSR count). The number of carboxylic acid groups (broad SMARTS) is 1. The first-order valence-corrected chi connectivity index (χ1v) is 6.51. The maximum Gasteiger partial charge on any atom is 0.271 e. The minimum Gasteiger partial charge on any atom is -0.546 e. The number of non-ortho nitro benzene ring substituents is 1. The lowest BCUT2D eigenvalue weighted by Gasteiger charge is -2.09. The van der Waals surface area contributed by atoms with Gasteiger partial charge in [-0.3, -0.25) is 15.5 Å². The molecule has 0 fully saturated rings. The van der Waals surface area contributed by atoms with Crippen molar-refractivity contribution in [1.29, 1.82) is 0 Å². The highest BCUT2D eigenvalue weighted by Crippen LogP contribution is 2.18. The number of rotatable bonds is 7. The fourth-order valence-electron chi connectivity index (χ4n) is 1.72. The van der Waals surface area contributed by atoms with Crippen LogP contribution >= 0.6 is 0 Å². The third-order valence-electron chi connectivity index (χ3n) is 2.72. The van der Waals surface area contributed by atoms with Crippen molar-refractivity contribution in [3.05, 3.63) is 64.2 Å². The first kappa shape index (κ1) is 16.0. The second-order valence-electron chi connectivity index (χ2n) is 4.38. The Morgan fingerprint density at radius 1 is 1.26 bits per heavy atom. The molecule has 0 aliphatic rings. The van der Waals surface area contributed by atoms with E-state index in [1.165, 1.54) is 24.4 Å². The van der Waals surface area contributed by atoms with Gasteiger partial charge in [0.05, 0.1) is 22.8 Å². The number of carbonyl (C=O) groups is 1. The number of nitro benzene ring substituents is 1. The van der Waals surface area contributed by atoms with Crippen molar-refractivity contribution in [2.24, 2.45) is 5.10 Å². The zero-order valence-electron chi connectivity index (χ0n) is 11.8. The number of carboxylic acids is 1. The molecule has 2 aromatic rings. The van der Waals surface area contributed by atoms with Gasteiger partial charge in [0, 0.05) is 17.7 Å². The molecule has 0 aliphatic heterocycles. The Morgan fingerprint density at radius 2 is 2.04 bits per heavy atom. The monoisotopic (exact) mass is 314 g/mol. The van der Waals surface area contributed by atoms with Gasteiger partial charge in [0.15, 0.2) is 0 Å². The summed E-state index contributed by atoms with van der Waals surface area (Å²) in [6.07, 6.45) is 1.42. The summed E-state index contributed by atoms with van der Waals surface area (Å²) < 4.78 is 5.08. The van der Waals surface area contributed by atoms with Crippen LogP contribution in [-0.2, 0) is 4.79 Å². The number of nitrogens with one attached hydrogen (secondary N) is 1. The largest absolute Gasteiger partial charge is 0.546 e. The van der Waals surface area contributed by atoms with Crippen molar-refractivity contribution in [1.82, 2.24) is 0 Å². The lowest BCUT2D eigenvalue weighted by molar-refractivity contribution is -0.384. The summed E-state index contributed by atoms with van der Waals surface area (Å²) in [6.45, 7) is -0.566. The highest BCUT2D eigenvalue weighted by molar-refractivity contribution is 5.84. The van der Waals surface area contributed by atoms with Crippen molar-refractivity contribution in [2.45, 2.75) is 0 Å². The molecule has 8 heteroatoms. The quantitative estimate of drug-likeness (QED) is 0.466. The molecule has 0 spiro atoms. The van der Waals surface area contributed by atoms with E-state index >= 15 is 0 Å². The molecular formula is C15H12N3O5-. The van der Waals surface area contributed by atoms with Crippen molar-refractivity contribution in [3.63, 3.8) is 0 Å². The number of aliphatic carboxylic acids is 1. The van der Waals surface area contributed by atoms with E-state index in [0.717, 1.165) is 0 Å². The van der Waals surface area contributed by atoms with Gasteiger partial charge in [0.25, 0.3) is 5.69 Å². The third kappa shape index (κ3) is 4.81. The summed E-state index contributed by atoms with van der Waals surface area (Å²) in [4.78, 5) is 20.6. The fourth-order valence-corrected chi connectivity index (χ4v) is 1.72. The lowest BCUT2D eigenvalue weighted by atomic mass is 10.2. The molecule has 0 radical (unpaired) electrons. The molecular weight excluding hydrogens is 302 g/mol. The topological polar surface area (TPSA) is 117 Å². The number of hydrogen-bond acceptors (Lipinski definition) is 7. The van der Waals surface area contributed by atoms with E-state index in [-0.39, 0.29) is 5.69 Å². The van der Waals surface area contributed by atoms with Crippen molar-refractivity contribution in [3.8, 4) is 5.75 Å². The summed E-state index contributed by atoms with van der Waals surface area (Å²) >= 11 is 0. The predicted molar refractivity (Wildman–Crippen MR) is 81.3 cm³/mol. The Bertz CT molecular complexity index is 745. The van der Waals surface area contributed by atoms with Gasteiger partial charge in [-0.2, -0.15) is 5.10 Å². The molecule has 0 aliphatic carbocycles. The van der Waals surface area contributed by atoms with E-state index in [2.05, 4.69) is 10.5 Å². The minimum absolute atomic E-state index is 0.0529. The normalized spacial score (nSPS) is 10.4. The second kappa shape index (κ2) is 7.55. The molecule has 0 heterocycles. The highest BCUT2D eigenvalue weighted by Gasteiger charge is 2.05. The smallest absolute Gasteiger partial charge is 0.271 e. The standard InChI is InChI=1S/C15H13N3O5/c19-15(20)10-23-14-7-2-1-4-11(14)9-16-17-12-5-3-6-13(8-12)18(21)22/h1-9,17H,10H2,(H,19,20)/p-1/b16-9-. The maximum absolute atomic E-state index is 10.7. The Kier molecular flexibility index (Phi) is 5.24. The second-order valence-corrected chi connectivity index (χ2v) is 4.38. The average molecular weight is 314 g/mol. The van der Waals surface area contributed by atoms with Crippen LogP contribution in [0.1, 0.15) is 5.56 Å². The van der Waals surface area contributed by atoms with Crippen LogP contribution in [0.3, 0.4) is 0 Å². The predicted octanol–water partition coefficient (Wildman–Crippen LogP) is 1.17. The number of benzene rings is 2. The van der Waals surface area contributed by atoms with E-state index < -0.39 is 17.5 Å². The number of anilines is 1. The SMILES string of the molecule is O=C([O-])COc1ccccc1/C=N\Nc1cccc([N+](=O)[O-])c1. The molecule has 2 aromatic carbocycles. The molecule has 0 unspecified atom stereocenters. The molecule has 0 bridgehead atoms. The molecule has 23 heavy (non-hydrogen) atoms. The zero-order valence-corrected chi connectivity index (χ0v) is 11.8. The molecule has 118 valence electrons. The molecule has 0 aromatic heterocycles. The number of hydrazone groups is 1. The molecule has 8 nitrogen and oxygen atoms in total. The lowest BCUT2D eigenvalue weighted by Crippen LogP contribution is -2.29. The van der Waals surface area contributed by atoms with E-state index in [0.29, 0.717) is 17.0 Å². The number of hydrogen-bond donors (Lipinski definition) is 1. The molecule has 0 amide bonds. The first-order valence-electron chi connectivity index (χ1n) is 6.51. The van der Waals surface area contributed by atoms with Gasteiger partial charge in [-0.05, 0) is 18.2 Å². The van der Waals surface area contributed by atoms with E-state index in [1.54, 1.807) is 30.3 Å². The van der Waals surface area contributed by atoms with Gasteiger partial charge < -0.3 is 14.6 Å². The van der Waals surface area contributed by atoms with Crippen LogP contribution in [0, 0.1) is 10.1 Å². The summed E-state index contributed by atoms with van der Waals surface area (Å²) in [5.74, 6) is -0.993. The zero-order chi connectivity index (χ0) is 16.7. The number of ether oxygens (including phenoxy) is 1. The van der Waals surface area contributed by atoms with Crippen molar-refractivity contribution in [2.75, 3.05) is 12.0 Å². The van der Waals surface area contributed by atoms with Gasteiger partial charge in [0.2, 0.25) is 0 Å². The van der Waals surface area contributed by atoms with Crippen molar-refractivity contribution < 1.29 is 19.6 Å². The number of nitrogens with zero attached hydrogens (tertiary/aromatic N) is 2. The number of para-hydroxylation sites is 1. The molecule has 0 saturated carbocycles. The summed E-state index contributed by atoms with van der Waals surface area (Å²) in [6, 6.07) is 12.6. The van der Waals surface area contributed by atoms with Crippen LogP contribution in [-0.4, -0.2) is 23.7 Å². The van der Waals surface area contributed by atoms with Gasteiger partial charge in [0.1, 0.15) is 12.4 Å².